The minimum Gasteiger partial charge on any atom is -0.468 e. The second-order valence-electron chi connectivity index (χ2n) is 11.2. The molecular formula is C29H56N6O7S. The summed E-state index contributed by atoms with van der Waals surface area (Å²) >= 11 is -1.36. The minimum absolute atomic E-state index is 0.209. The summed E-state index contributed by atoms with van der Waals surface area (Å²) in [4.78, 5) is 48.7. The van der Waals surface area contributed by atoms with Crippen LogP contribution in [-0.2, 0) is 39.3 Å². The van der Waals surface area contributed by atoms with Gasteiger partial charge in [0.15, 0.2) is 0 Å². The lowest BCUT2D eigenvalue weighted by Crippen LogP contribution is -2.50. The fourth-order valence-electron chi connectivity index (χ4n) is 5.39. The van der Waals surface area contributed by atoms with Gasteiger partial charge < -0.3 is 19.3 Å². The van der Waals surface area contributed by atoms with Gasteiger partial charge in [-0.1, -0.05) is 6.92 Å². The summed E-state index contributed by atoms with van der Waals surface area (Å²) in [6, 6.07) is -0.271. The van der Waals surface area contributed by atoms with Gasteiger partial charge in [0.25, 0.3) is 0 Å². The van der Waals surface area contributed by atoms with E-state index in [2.05, 4.69) is 31.4 Å². The van der Waals surface area contributed by atoms with Crippen molar-refractivity contribution in [2.75, 3.05) is 126 Å². The zero-order chi connectivity index (χ0) is 31.6. The number of ether oxygens (including phenoxy) is 2. The van der Waals surface area contributed by atoms with Gasteiger partial charge in [0.2, 0.25) is 11.3 Å². The Morgan fingerprint density at radius 3 is 1.67 bits per heavy atom. The maximum atomic E-state index is 13.3. The van der Waals surface area contributed by atoms with Crippen molar-refractivity contribution < 1.29 is 32.2 Å². The average molecular weight is 633 g/mol. The van der Waals surface area contributed by atoms with Crippen molar-refractivity contribution in [1.29, 1.82) is 0 Å². The summed E-state index contributed by atoms with van der Waals surface area (Å²) in [5.74, 6) is -0.321. The molecule has 2 saturated heterocycles. The highest BCUT2D eigenvalue weighted by atomic mass is 32.2. The number of methoxy groups -OCH3 is 2. The minimum atomic E-state index is -1.36. The summed E-state index contributed by atoms with van der Waals surface area (Å²) in [6.45, 7) is 17.3. The van der Waals surface area contributed by atoms with Crippen LogP contribution < -0.4 is 0 Å². The van der Waals surface area contributed by atoms with E-state index in [1.807, 2.05) is 18.2 Å². The number of unbranched alkanes of at least 4 members (excludes halogenated alkanes) is 1. The Hall–Kier alpha value is -1.52. The van der Waals surface area contributed by atoms with Crippen LogP contribution in [0.3, 0.4) is 0 Å². The quantitative estimate of drug-likeness (QED) is 0.178. The molecule has 0 saturated carbocycles. The lowest BCUT2D eigenvalue weighted by atomic mass is 10.1. The Bertz CT molecular complexity index is 827. The molecule has 2 unspecified atom stereocenters. The molecule has 0 N–H and O–H groups in total. The van der Waals surface area contributed by atoms with Crippen LogP contribution in [0.5, 0.6) is 0 Å². The Morgan fingerprint density at radius 2 is 1.19 bits per heavy atom. The number of carbonyl (C=O) groups is 3. The zero-order valence-corrected chi connectivity index (χ0v) is 28.0. The molecule has 2 aliphatic heterocycles. The van der Waals surface area contributed by atoms with Crippen LogP contribution in [-0.4, -0.2) is 182 Å². The first kappa shape index (κ1) is 37.7. The van der Waals surface area contributed by atoms with E-state index < -0.39 is 11.3 Å². The number of piperazine rings is 1. The summed E-state index contributed by atoms with van der Waals surface area (Å²) in [5.41, 5.74) is 0. The first-order valence-corrected chi connectivity index (χ1v) is 16.8. The molecule has 2 heterocycles. The van der Waals surface area contributed by atoms with Crippen molar-refractivity contribution in [2.24, 2.45) is 0 Å². The highest BCUT2D eigenvalue weighted by Gasteiger charge is 2.25. The third kappa shape index (κ3) is 14.4. The lowest BCUT2D eigenvalue weighted by Gasteiger charge is -2.35. The van der Waals surface area contributed by atoms with Gasteiger partial charge in [0, 0.05) is 85.0 Å². The van der Waals surface area contributed by atoms with Crippen LogP contribution in [0, 0.1) is 0 Å². The maximum Gasteiger partial charge on any atom is 0.319 e. The summed E-state index contributed by atoms with van der Waals surface area (Å²) < 4.78 is 29.0. The van der Waals surface area contributed by atoms with Gasteiger partial charge in [-0.3, -0.25) is 33.3 Å². The molecule has 2 fully saturated rings. The van der Waals surface area contributed by atoms with Crippen molar-refractivity contribution in [2.45, 2.75) is 46.1 Å². The summed E-state index contributed by atoms with van der Waals surface area (Å²) in [6.07, 6.45) is 2.26. The number of likely N-dealkylation sites (N-methyl/N-ethyl adjacent to an activating group) is 1. The molecule has 0 amide bonds. The fraction of sp³-hybridized carbons (Fsp3) is 0.897. The molecule has 0 aromatic rings. The van der Waals surface area contributed by atoms with Crippen molar-refractivity contribution in [1.82, 2.24) is 28.8 Å². The van der Waals surface area contributed by atoms with Crippen LogP contribution in [0.25, 0.3) is 0 Å². The molecule has 0 radical (unpaired) electrons. The average Bonchev–Trinajstić information content (AvgIpc) is 3.01. The lowest BCUT2D eigenvalue weighted by molar-refractivity contribution is -0.142. The van der Waals surface area contributed by atoms with Gasteiger partial charge in [-0.2, -0.15) is 4.31 Å². The molecule has 2 rings (SSSR count). The highest BCUT2D eigenvalue weighted by molar-refractivity contribution is 7.77. The van der Waals surface area contributed by atoms with E-state index in [-0.39, 0.29) is 36.9 Å². The van der Waals surface area contributed by atoms with E-state index in [4.69, 9.17) is 13.7 Å². The monoisotopic (exact) mass is 632 g/mol. The first-order valence-electron chi connectivity index (χ1n) is 15.8. The Kier molecular flexibility index (Phi) is 18.6. The van der Waals surface area contributed by atoms with Gasteiger partial charge >= 0.3 is 11.9 Å². The third-order valence-corrected chi connectivity index (χ3v) is 9.63. The van der Waals surface area contributed by atoms with Gasteiger partial charge in [-0.25, -0.2) is 4.21 Å². The van der Waals surface area contributed by atoms with Gasteiger partial charge in [0.1, 0.15) is 5.78 Å². The predicted octanol–water partition coefficient (Wildman–Crippen LogP) is -0.0654. The Morgan fingerprint density at radius 1 is 0.698 bits per heavy atom. The molecule has 250 valence electrons. The van der Waals surface area contributed by atoms with Gasteiger partial charge in [-0.05, 0) is 39.8 Å². The summed E-state index contributed by atoms with van der Waals surface area (Å²) in [5, 5.41) is 0. The van der Waals surface area contributed by atoms with Crippen molar-refractivity contribution in [3.8, 4) is 0 Å². The molecule has 0 spiro atoms. The van der Waals surface area contributed by atoms with Crippen LogP contribution in [0.15, 0.2) is 0 Å². The molecular weight excluding hydrogens is 576 g/mol. The Labute approximate surface area is 261 Å². The number of Topliss-reactive ketones (excluding diaryl/α,β-unsaturated/α-hetero) is 1. The molecule has 2 aliphatic rings. The highest BCUT2D eigenvalue weighted by Crippen LogP contribution is 2.11. The molecule has 0 bridgehead atoms. The number of carbonyl (C=O) groups excluding carboxylic acids is 3. The number of hydrogen-bond acceptors (Lipinski definition) is 12. The molecule has 0 aromatic heterocycles. The molecule has 2 atom stereocenters. The number of esters is 2. The van der Waals surface area contributed by atoms with Crippen LogP contribution in [0.2, 0.25) is 0 Å². The van der Waals surface area contributed by atoms with Crippen molar-refractivity contribution >= 4 is 29.0 Å². The second-order valence-corrected chi connectivity index (χ2v) is 12.4. The molecule has 0 aliphatic carbocycles. The standard InChI is InChI=1S/C29H56N6O7S/c1-6-30-12-14-32(24-28(37)40-4)16-20-34(21-17-33(15-13-30)25-29(38)41-5)26(3)27(36)10-8-9-11-31-18-22-35(23-19-31)43(39)42-7-2/h26H,6-25H2,1-5H3. The van der Waals surface area contributed by atoms with E-state index in [1.165, 1.54) is 14.2 Å². The fourth-order valence-corrected chi connectivity index (χ4v) is 6.20. The predicted molar refractivity (Wildman–Crippen MR) is 167 cm³/mol. The van der Waals surface area contributed by atoms with Crippen LogP contribution in [0.4, 0.5) is 0 Å². The number of nitrogens with zero attached hydrogens (tertiary/aromatic N) is 6. The van der Waals surface area contributed by atoms with E-state index in [0.29, 0.717) is 65.4 Å². The third-order valence-electron chi connectivity index (χ3n) is 8.40. The second kappa shape index (κ2) is 21.3. The molecule has 0 aromatic carbocycles. The first-order chi connectivity index (χ1) is 20.7. The number of hydrogen-bond donors (Lipinski definition) is 0. The van der Waals surface area contributed by atoms with E-state index >= 15 is 0 Å². The number of rotatable bonds is 15. The van der Waals surface area contributed by atoms with Crippen molar-refractivity contribution in [3.05, 3.63) is 0 Å². The van der Waals surface area contributed by atoms with E-state index in [0.717, 1.165) is 52.1 Å². The number of ketones is 1. The maximum absolute atomic E-state index is 13.3. The molecule has 13 nitrogen and oxygen atoms in total. The smallest absolute Gasteiger partial charge is 0.319 e. The largest absolute Gasteiger partial charge is 0.468 e. The zero-order valence-electron chi connectivity index (χ0n) is 27.2. The summed E-state index contributed by atoms with van der Waals surface area (Å²) in [7, 11) is 2.82. The van der Waals surface area contributed by atoms with E-state index in [9.17, 15) is 18.6 Å². The van der Waals surface area contributed by atoms with E-state index in [1.54, 1.807) is 0 Å². The SMILES string of the molecule is CCOS(=O)N1CCN(CCCCC(=O)C(C)N2CCN(CC(=O)OC)CCN(CC)CCN(CC(=O)OC)CC2)CC1. The van der Waals surface area contributed by atoms with Gasteiger partial charge in [-0.15, -0.1) is 0 Å². The van der Waals surface area contributed by atoms with Crippen LogP contribution in [0.1, 0.15) is 40.0 Å². The van der Waals surface area contributed by atoms with Gasteiger partial charge in [0.05, 0.1) is 40.0 Å². The molecule has 14 heteroatoms. The van der Waals surface area contributed by atoms with Crippen molar-refractivity contribution in [3.63, 3.8) is 0 Å². The Balaban J connectivity index is 1.94. The molecule has 43 heavy (non-hydrogen) atoms. The normalized spacial score (nSPS) is 21.4. The topological polar surface area (TPSA) is 115 Å². The van der Waals surface area contributed by atoms with Crippen LogP contribution >= 0.6 is 0 Å².